The highest BCUT2D eigenvalue weighted by Gasteiger charge is 2.32. The van der Waals surface area contributed by atoms with Gasteiger partial charge in [-0.2, -0.15) is 0 Å². The summed E-state index contributed by atoms with van der Waals surface area (Å²) in [5.41, 5.74) is 7.63. The van der Waals surface area contributed by atoms with Crippen molar-refractivity contribution in [3.8, 4) is 0 Å². The molecule has 0 radical (unpaired) electrons. The van der Waals surface area contributed by atoms with Crippen molar-refractivity contribution >= 4 is 29.6 Å². The van der Waals surface area contributed by atoms with Crippen LogP contribution >= 0.6 is 0 Å². The Bertz CT molecular complexity index is 1200. The summed E-state index contributed by atoms with van der Waals surface area (Å²) in [5.74, 6) is -3.72. The molecule has 0 aliphatic carbocycles. The van der Waals surface area contributed by atoms with Crippen LogP contribution in [0.15, 0.2) is 48.8 Å². The molecule has 0 spiro atoms. The molecule has 3 unspecified atom stereocenters. The van der Waals surface area contributed by atoms with Gasteiger partial charge in [0.1, 0.15) is 24.7 Å². The number of Topliss-reactive ketones (excluding diaryl/α,β-unsaturated/α-hetero) is 1. The maximum Gasteiger partial charge on any atom is 0.408 e. The van der Waals surface area contributed by atoms with Gasteiger partial charge in [-0.05, 0) is 41.4 Å². The van der Waals surface area contributed by atoms with Crippen molar-refractivity contribution in [2.45, 2.75) is 78.6 Å². The van der Waals surface area contributed by atoms with E-state index in [9.17, 15) is 24.0 Å². The van der Waals surface area contributed by atoms with Crippen molar-refractivity contribution in [1.82, 2.24) is 20.9 Å². The van der Waals surface area contributed by atoms with Gasteiger partial charge in [0.15, 0.2) is 0 Å². The summed E-state index contributed by atoms with van der Waals surface area (Å²) in [6.07, 6.45) is 3.43. The zero-order chi connectivity index (χ0) is 30.5. The number of aryl methyl sites for hydroxylation is 1. The molecule has 3 atom stereocenters. The van der Waals surface area contributed by atoms with Crippen LogP contribution in [0.3, 0.4) is 0 Å². The van der Waals surface area contributed by atoms with Crippen LogP contribution in [-0.2, 0) is 43.4 Å². The average molecular weight is 568 g/mol. The molecule has 11 nitrogen and oxygen atoms in total. The molecule has 0 aliphatic heterocycles. The molecule has 4 amide bonds. The van der Waals surface area contributed by atoms with E-state index in [1.807, 2.05) is 57.2 Å². The maximum absolute atomic E-state index is 13.4. The molecule has 0 saturated carbocycles. The maximum atomic E-state index is 13.4. The van der Waals surface area contributed by atoms with E-state index in [4.69, 9.17) is 10.5 Å². The Balaban J connectivity index is 2.15. The number of pyridine rings is 1. The number of carbonyl (C=O) groups is 5. The zero-order valence-corrected chi connectivity index (χ0v) is 24.3. The monoisotopic (exact) mass is 567 g/mol. The van der Waals surface area contributed by atoms with Crippen LogP contribution in [0.4, 0.5) is 4.79 Å². The van der Waals surface area contributed by atoms with E-state index in [-0.39, 0.29) is 31.3 Å². The lowest BCUT2D eigenvalue weighted by Crippen LogP contribution is -2.58. The number of aromatic nitrogens is 1. The van der Waals surface area contributed by atoms with Gasteiger partial charge in [0.25, 0.3) is 5.91 Å². The zero-order valence-electron chi connectivity index (χ0n) is 24.3. The van der Waals surface area contributed by atoms with Gasteiger partial charge in [0, 0.05) is 18.8 Å². The number of benzene rings is 1. The molecule has 0 aliphatic rings. The quantitative estimate of drug-likeness (QED) is 0.239. The Hall–Kier alpha value is -4.28. The average Bonchev–Trinajstić information content (AvgIpc) is 2.93. The number of nitrogens with one attached hydrogen (secondary N) is 3. The lowest BCUT2D eigenvalue weighted by Gasteiger charge is -2.27. The fraction of sp³-hybridized carbons (Fsp3) is 0.467. The topological polar surface area (TPSA) is 170 Å². The highest BCUT2D eigenvalue weighted by atomic mass is 16.5. The normalized spacial score (nSPS) is 13.1. The van der Waals surface area contributed by atoms with Crippen LogP contribution in [0.1, 0.15) is 57.7 Å². The molecule has 2 aromatic rings. The predicted molar refractivity (Wildman–Crippen MR) is 153 cm³/mol. The van der Waals surface area contributed by atoms with Gasteiger partial charge in [0.2, 0.25) is 17.6 Å². The minimum Gasteiger partial charge on any atom is -0.445 e. The van der Waals surface area contributed by atoms with Crippen LogP contribution < -0.4 is 21.7 Å². The van der Waals surface area contributed by atoms with Gasteiger partial charge in [0.05, 0.1) is 0 Å². The predicted octanol–water partition coefficient (Wildman–Crippen LogP) is 2.21. The summed E-state index contributed by atoms with van der Waals surface area (Å²) in [6, 6.07) is 7.66. The van der Waals surface area contributed by atoms with Crippen molar-refractivity contribution in [3.05, 3.63) is 65.5 Å². The van der Waals surface area contributed by atoms with Gasteiger partial charge in [-0.1, -0.05) is 71.0 Å². The summed E-state index contributed by atoms with van der Waals surface area (Å²) in [7, 11) is 0. The van der Waals surface area contributed by atoms with Crippen molar-refractivity contribution in [2.75, 3.05) is 0 Å². The molecular weight excluding hydrogens is 526 g/mol. The number of ether oxygens (including phenoxy) is 1. The van der Waals surface area contributed by atoms with Crippen LogP contribution in [0.5, 0.6) is 0 Å². The minimum absolute atomic E-state index is 0.000127. The number of primary amides is 1. The van der Waals surface area contributed by atoms with E-state index in [0.717, 1.165) is 17.5 Å². The Morgan fingerprint density at radius 1 is 0.854 bits per heavy atom. The van der Waals surface area contributed by atoms with Crippen LogP contribution in [0.2, 0.25) is 0 Å². The Kier molecular flexibility index (Phi) is 12.9. The lowest BCUT2D eigenvalue weighted by atomic mass is 9.98. The number of nitrogens with two attached hydrogens (primary N) is 1. The molecule has 0 saturated heterocycles. The van der Waals surface area contributed by atoms with Gasteiger partial charge < -0.3 is 26.4 Å². The van der Waals surface area contributed by atoms with Crippen LogP contribution in [-0.4, -0.2) is 52.7 Å². The first kappa shape index (κ1) is 32.9. The van der Waals surface area contributed by atoms with Crippen molar-refractivity contribution < 1.29 is 28.7 Å². The van der Waals surface area contributed by atoms with Crippen molar-refractivity contribution in [2.24, 2.45) is 17.6 Å². The fourth-order valence-corrected chi connectivity index (χ4v) is 4.13. The second kappa shape index (κ2) is 16.1. The second-order valence-electron chi connectivity index (χ2n) is 10.7. The van der Waals surface area contributed by atoms with Crippen LogP contribution in [0.25, 0.3) is 0 Å². The summed E-state index contributed by atoms with van der Waals surface area (Å²) < 4.78 is 5.25. The molecule has 0 bridgehead atoms. The number of rotatable bonds is 15. The molecule has 11 heteroatoms. The molecule has 2 rings (SSSR count). The first-order valence-electron chi connectivity index (χ1n) is 13.8. The van der Waals surface area contributed by atoms with Gasteiger partial charge in [-0.15, -0.1) is 0 Å². The smallest absolute Gasteiger partial charge is 0.408 e. The van der Waals surface area contributed by atoms with E-state index in [0.29, 0.717) is 5.56 Å². The SMILES string of the molecule is CCc1cncc(CC(NC(=O)C(CC(C)C)NC(=O)C(NC(=O)OCc2ccccc2)C(C)C)C(=O)C(N)=O)c1. The second-order valence-corrected chi connectivity index (χ2v) is 10.7. The number of hydrogen-bond donors (Lipinski definition) is 4. The summed E-state index contributed by atoms with van der Waals surface area (Å²) in [4.78, 5) is 67.6. The van der Waals surface area contributed by atoms with Gasteiger partial charge >= 0.3 is 6.09 Å². The first-order valence-corrected chi connectivity index (χ1v) is 13.8. The molecule has 0 fully saturated rings. The van der Waals surface area contributed by atoms with E-state index in [1.54, 1.807) is 26.2 Å². The van der Waals surface area contributed by atoms with E-state index < -0.39 is 47.7 Å². The highest BCUT2D eigenvalue weighted by molar-refractivity contribution is 6.37. The Morgan fingerprint density at radius 2 is 1.49 bits per heavy atom. The van der Waals surface area contributed by atoms with Gasteiger partial charge in [-0.25, -0.2) is 4.79 Å². The van der Waals surface area contributed by atoms with Crippen molar-refractivity contribution in [1.29, 1.82) is 0 Å². The van der Waals surface area contributed by atoms with E-state index in [1.165, 1.54) is 0 Å². The highest BCUT2D eigenvalue weighted by Crippen LogP contribution is 2.11. The van der Waals surface area contributed by atoms with E-state index in [2.05, 4.69) is 20.9 Å². The Morgan fingerprint density at radius 3 is 2.07 bits per heavy atom. The van der Waals surface area contributed by atoms with Gasteiger partial charge in [-0.3, -0.25) is 24.2 Å². The molecule has 222 valence electrons. The van der Waals surface area contributed by atoms with E-state index >= 15 is 0 Å². The van der Waals surface area contributed by atoms with Crippen molar-refractivity contribution in [3.63, 3.8) is 0 Å². The molecule has 5 N–H and O–H groups in total. The molecular formula is C30H41N5O6. The molecule has 1 aromatic heterocycles. The molecule has 1 aromatic carbocycles. The lowest BCUT2D eigenvalue weighted by molar-refractivity contribution is -0.139. The number of alkyl carbamates (subject to hydrolysis) is 1. The standard InChI is InChI=1S/C30H41N5O6/c1-6-20-13-22(16-32-15-20)14-23(26(36)27(31)37)33-28(38)24(12-18(2)3)34-29(39)25(19(4)5)35-30(40)41-17-21-10-8-7-9-11-21/h7-11,13,15-16,18-19,23-25H,6,12,14,17H2,1-5H3,(H2,31,37)(H,33,38)(H,34,39)(H,35,40). The first-order chi connectivity index (χ1) is 19.4. The third-order valence-corrected chi connectivity index (χ3v) is 6.35. The number of ketones is 1. The van der Waals surface area contributed by atoms with Crippen LogP contribution in [0, 0.1) is 11.8 Å². The summed E-state index contributed by atoms with van der Waals surface area (Å²) in [5, 5.41) is 7.88. The summed E-state index contributed by atoms with van der Waals surface area (Å²) in [6.45, 7) is 9.23. The number of carbonyl (C=O) groups excluding carboxylic acids is 5. The number of hydrogen-bond acceptors (Lipinski definition) is 7. The largest absolute Gasteiger partial charge is 0.445 e. The Labute approximate surface area is 241 Å². The third-order valence-electron chi connectivity index (χ3n) is 6.35. The third kappa shape index (κ3) is 11.0. The fourth-order valence-electron chi connectivity index (χ4n) is 4.13. The minimum atomic E-state index is -1.24. The number of amides is 4. The summed E-state index contributed by atoms with van der Waals surface area (Å²) >= 11 is 0. The molecule has 1 heterocycles. The number of nitrogens with zero attached hydrogens (tertiary/aromatic N) is 1. The molecule has 41 heavy (non-hydrogen) atoms.